The first-order valence-corrected chi connectivity index (χ1v) is 6.06. The van der Waals surface area contributed by atoms with Crippen LogP contribution in [0.25, 0.3) is 0 Å². The van der Waals surface area contributed by atoms with Gasteiger partial charge < -0.3 is 10.4 Å². The Morgan fingerprint density at radius 3 is 2.55 bits per heavy atom. The van der Waals surface area contributed by atoms with Gasteiger partial charge in [0.1, 0.15) is 6.04 Å². The van der Waals surface area contributed by atoms with E-state index in [1.165, 1.54) is 18.2 Å². The van der Waals surface area contributed by atoms with E-state index >= 15 is 0 Å². The molecule has 0 saturated heterocycles. The maximum absolute atomic E-state index is 11.8. The number of benzene rings is 1. The molecule has 0 aliphatic carbocycles. The molecule has 7 nitrogen and oxygen atoms in total. The van der Waals surface area contributed by atoms with E-state index in [-0.39, 0.29) is 18.0 Å². The Morgan fingerprint density at radius 2 is 2.05 bits per heavy atom. The van der Waals surface area contributed by atoms with E-state index in [2.05, 4.69) is 5.32 Å². The molecule has 1 atom stereocenters. The third kappa shape index (κ3) is 4.34. The van der Waals surface area contributed by atoms with E-state index in [1.54, 1.807) is 19.9 Å². The molecule has 1 aromatic carbocycles. The second kappa shape index (κ2) is 6.65. The van der Waals surface area contributed by atoms with Crippen molar-refractivity contribution in [3.8, 4) is 0 Å². The number of carbonyl (C=O) groups excluding carboxylic acids is 1. The van der Waals surface area contributed by atoms with Gasteiger partial charge in [0.2, 0.25) is 5.91 Å². The summed E-state index contributed by atoms with van der Waals surface area (Å²) in [5.74, 6) is -1.83. The summed E-state index contributed by atoms with van der Waals surface area (Å²) >= 11 is 0. The van der Waals surface area contributed by atoms with E-state index in [0.717, 1.165) is 0 Å². The van der Waals surface area contributed by atoms with Crippen molar-refractivity contribution < 1.29 is 19.6 Å². The quantitative estimate of drug-likeness (QED) is 0.604. The summed E-state index contributed by atoms with van der Waals surface area (Å²) in [7, 11) is 0. The number of amides is 1. The smallest absolute Gasteiger partial charge is 0.326 e. The highest BCUT2D eigenvalue weighted by atomic mass is 16.6. The van der Waals surface area contributed by atoms with Gasteiger partial charge in [-0.05, 0) is 11.5 Å². The van der Waals surface area contributed by atoms with Crippen molar-refractivity contribution in [3.63, 3.8) is 0 Å². The number of hydrogen-bond acceptors (Lipinski definition) is 4. The van der Waals surface area contributed by atoms with Gasteiger partial charge in [-0.25, -0.2) is 4.79 Å². The fourth-order valence-corrected chi connectivity index (χ4v) is 1.70. The third-order valence-electron chi connectivity index (χ3n) is 2.74. The minimum Gasteiger partial charge on any atom is -0.480 e. The van der Waals surface area contributed by atoms with Crippen LogP contribution in [0.5, 0.6) is 0 Å². The molecular weight excluding hydrogens is 264 g/mol. The van der Waals surface area contributed by atoms with Crippen molar-refractivity contribution in [2.75, 3.05) is 0 Å². The number of non-ortho nitro benzene ring substituents is 1. The largest absolute Gasteiger partial charge is 0.480 e. The molecule has 0 fully saturated rings. The summed E-state index contributed by atoms with van der Waals surface area (Å²) in [5.41, 5.74) is 0.360. The maximum atomic E-state index is 11.8. The van der Waals surface area contributed by atoms with Gasteiger partial charge in [-0.3, -0.25) is 14.9 Å². The van der Waals surface area contributed by atoms with Crippen LogP contribution in [0, 0.1) is 16.0 Å². The maximum Gasteiger partial charge on any atom is 0.326 e. The molecule has 1 amide bonds. The Hall–Kier alpha value is -2.44. The van der Waals surface area contributed by atoms with Gasteiger partial charge in [-0.2, -0.15) is 0 Å². The van der Waals surface area contributed by atoms with E-state index in [1.807, 2.05) is 0 Å². The summed E-state index contributed by atoms with van der Waals surface area (Å²) in [4.78, 5) is 32.8. The van der Waals surface area contributed by atoms with Crippen molar-refractivity contribution in [1.29, 1.82) is 0 Å². The number of nitrogens with zero attached hydrogens (tertiary/aromatic N) is 1. The van der Waals surface area contributed by atoms with Crippen LogP contribution in [-0.2, 0) is 16.0 Å². The fraction of sp³-hybridized carbons (Fsp3) is 0.385. The van der Waals surface area contributed by atoms with Crippen LogP contribution >= 0.6 is 0 Å². The molecule has 0 radical (unpaired) electrons. The molecule has 0 aromatic heterocycles. The van der Waals surface area contributed by atoms with Crippen molar-refractivity contribution in [2.24, 2.45) is 5.92 Å². The lowest BCUT2D eigenvalue weighted by Gasteiger charge is -2.17. The van der Waals surface area contributed by atoms with Crippen LogP contribution in [0.1, 0.15) is 19.4 Å². The zero-order valence-electron chi connectivity index (χ0n) is 11.2. The van der Waals surface area contributed by atoms with E-state index < -0.39 is 22.8 Å². The number of carbonyl (C=O) groups is 2. The number of nitro benzene ring substituents is 1. The van der Waals surface area contributed by atoms with Gasteiger partial charge in [0.15, 0.2) is 0 Å². The van der Waals surface area contributed by atoms with Gasteiger partial charge in [-0.1, -0.05) is 26.0 Å². The number of nitro groups is 1. The normalized spacial score (nSPS) is 11.9. The Bertz CT molecular complexity index is 527. The van der Waals surface area contributed by atoms with Crippen LogP contribution in [-0.4, -0.2) is 27.9 Å². The van der Waals surface area contributed by atoms with Gasteiger partial charge in [-0.15, -0.1) is 0 Å². The zero-order chi connectivity index (χ0) is 15.3. The number of nitrogens with one attached hydrogen (secondary N) is 1. The first-order chi connectivity index (χ1) is 9.31. The molecule has 7 heteroatoms. The Balaban J connectivity index is 2.73. The van der Waals surface area contributed by atoms with Crippen LogP contribution in [0.15, 0.2) is 24.3 Å². The number of rotatable bonds is 6. The average molecular weight is 280 g/mol. The predicted molar refractivity (Wildman–Crippen MR) is 71.2 cm³/mol. The van der Waals surface area contributed by atoms with Crippen molar-refractivity contribution in [3.05, 3.63) is 39.9 Å². The summed E-state index contributed by atoms with van der Waals surface area (Å²) in [5, 5.41) is 22.0. The lowest BCUT2D eigenvalue weighted by molar-refractivity contribution is -0.384. The van der Waals surface area contributed by atoms with Crippen LogP contribution in [0.3, 0.4) is 0 Å². The van der Waals surface area contributed by atoms with E-state index in [4.69, 9.17) is 5.11 Å². The van der Waals surface area contributed by atoms with Crippen LogP contribution in [0.2, 0.25) is 0 Å². The van der Waals surface area contributed by atoms with Gasteiger partial charge in [0.25, 0.3) is 5.69 Å². The first kappa shape index (κ1) is 15.6. The SMILES string of the molecule is CC(C)C(NC(=O)Cc1cccc([N+](=O)[O-])c1)C(=O)O. The molecule has 2 N–H and O–H groups in total. The monoisotopic (exact) mass is 280 g/mol. The molecule has 20 heavy (non-hydrogen) atoms. The average Bonchev–Trinajstić information content (AvgIpc) is 2.35. The van der Waals surface area contributed by atoms with Crippen molar-refractivity contribution >= 4 is 17.6 Å². The summed E-state index contributed by atoms with van der Waals surface area (Å²) in [6.07, 6.45) is -0.0990. The highest BCUT2D eigenvalue weighted by Gasteiger charge is 2.23. The van der Waals surface area contributed by atoms with Crippen LogP contribution < -0.4 is 5.32 Å². The Kier molecular flexibility index (Phi) is 5.19. The summed E-state index contributed by atoms with van der Waals surface area (Å²) < 4.78 is 0. The van der Waals surface area contributed by atoms with Crippen molar-refractivity contribution in [2.45, 2.75) is 26.3 Å². The van der Waals surface area contributed by atoms with Gasteiger partial charge in [0.05, 0.1) is 11.3 Å². The molecule has 0 bridgehead atoms. The fourth-order valence-electron chi connectivity index (χ4n) is 1.70. The molecule has 1 aromatic rings. The zero-order valence-corrected chi connectivity index (χ0v) is 11.2. The highest BCUT2D eigenvalue weighted by molar-refractivity contribution is 5.85. The van der Waals surface area contributed by atoms with E-state index in [0.29, 0.717) is 5.56 Å². The van der Waals surface area contributed by atoms with Crippen LogP contribution in [0.4, 0.5) is 5.69 Å². The Labute approximate surface area is 115 Å². The molecule has 1 rings (SSSR count). The Morgan fingerprint density at radius 1 is 1.40 bits per heavy atom. The minimum absolute atomic E-state index is 0.0990. The molecular formula is C13H16N2O5. The number of carboxylic acids is 1. The molecule has 0 aliphatic heterocycles. The van der Waals surface area contributed by atoms with Gasteiger partial charge >= 0.3 is 5.97 Å². The van der Waals surface area contributed by atoms with E-state index in [9.17, 15) is 19.7 Å². The third-order valence-corrected chi connectivity index (χ3v) is 2.74. The summed E-state index contributed by atoms with van der Waals surface area (Å²) in [6, 6.07) is 4.72. The second-order valence-corrected chi connectivity index (χ2v) is 4.73. The first-order valence-electron chi connectivity index (χ1n) is 6.06. The lowest BCUT2D eigenvalue weighted by Crippen LogP contribution is -2.44. The number of carboxylic acid groups (broad SMARTS) is 1. The molecule has 108 valence electrons. The molecule has 0 saturated carbocycles. The minimum atomic E-state index is -1.10. The topological polar surface area (TPSA) is 110 Å². The second-order valence-electron chi connectivity index (χ2n) is 4.73. The van der Waals surface area contributed by atoms with Crippen molar-refractivity contribution in [1.82, 2.24) is 5.32 Å². The number of aliphatic carboxylic acids is 1. The highest BCUT2D eigenvalue weighted by Crippen LogP contribution is 2.13. The lowest BCUT2D eigenvalue weighted by atomic mass is 10.0. The number of hydrogen-bond donors (Lipinski definition) is 2. The molecule has 1 unspecified atom stereocenters. The molecule has 0 spiro atoms. The molecule has 0 heterocycles. The van der Waals surface area contributed by atoms with Gasteiger partial charge in [0, 0.05) is 12.1 Å². The molecule has 0 aliphatic rings. The predicted octanol–water partition coefficient (Wildman–Crippen LogP) is 1.36. The standard InChI is InChI=1S/C13H16N2O5/c1-8(2)12(13(17)18)14-11(16)7-9-4-3-5-10(6-9)15(19)20/h3-6,8,12H,7H2,1-2H3,(H,14,16)(H,17,18). The summed E-state index contributed by atoms with van der Waals surface area (Å²) in [6.45, 7) is 3.37.